The first-order valence-electron chi connectivity index (χ1n) is 13.3. The van der Waals surface area contributed by atoms with E-state index in [0.717, 1.165) is 0 Å². The van der Waals surface area contributed by atoms with E-state index in [1.807, 2.05) is 25.7 Å². The van der Waals surface area contributed by atoms with Crippen LogP contribution in [0.15, 0.2) is 6.07 Å². The van der Waals surface area contributed by atoms with Crippen molar-refractivity contribution < 1.29 is 39.1 Å². The molecule has 2 fully saturated rings. The van der Waals surface area contributed by atoms with E-state index in [9.17, 15) is 44.3 Å². The number of amides is 1. The van der Waals surface area contributed by atoms with Crippen molar-refractivity contribution in [2.75, 3.05) is 25.5 Å². The normalized spacial score (nSPS) is 29.8. The van der Waals surface area contributed by atoms with Crippen LogP contribution in [0, 0.1) is 33.8 Å². The zero-order valence-corrected chi connectivity index (χ0v) is 23.0. The van der Waals surface area contributed by atoms with Gasteiger partial charge < -0.3 is 20.8 Å². The average Bonchev–Trinajstić information content (AvgIpc) is 2.84. The zero-order valence-electron chi connectivity index (χ0n) is 23.0. The number of carbonyl (C=O) groups excluding carboxylic acids is 5. The number of nitro benzene ring substituents is 1. The van der Waals surface area contributed by atoms with Gasteiger partial charge >= 0.3 is 5.69 Å². The van der Waals surface area contributed by atoms with Crippen molar-refractivity contribution in [1.82, 2.24) is 4.90 Å². The van der Waals surface area contributed by atoms with Crippen molar-refractivity contribution in [3.8, 4) is 5.75 Å². The van der Waals surface area contributed by atoms with Gasteiger partial charge in [-0.1, -0.05) is 6.92 Å². The van der Waals surface area contributed by atoms with E-state index in [4.69, 9.17) is 5.73 Å². The van der Waals surface area contributed by atoms with Gasteiger partial charge in [0.2, 0.25) is 11.7 Å². The molecule has 3 aliphatic carbocycles. The quantitative estimate of drug-likeness (QED) is 0.237. The first kappa shape index (κ1) is 29.3. The van der Waals surface area contributed by atoms with Gasteiger partial charge in [0.05, 0.1) is 22.4 Å². The highest BCUT2D eigenvalue weighted by atomic mass is 16.6. The second-order valence-corrected chi connectivity index (χ2v) is 11.5. The minimum absolute atomic E-state index is 0.0274. The lowest BCUT2D eigenvalue weighted by molar-refractivity contribution is -0.385. The molecule has 4 rings (SSSR count). The summed E-state index contributed by atoms with van der Waals surface area (Å²) in [5.74, 6) is -12.3. The summed E-state index contributed by atoms with van der Waals surface area (Å²) in [5.41, 5.74) is 2.08. The van der Waals surface area contributed by atoms with Crippen LogP contribution >= 0.6 is 0 Å². The van der Waals surface area contributed by atoms with Crippen molar-refractivity contribution >= 4 is 40.4 Å². The van der Waals surface area contributed by atoms with Crippen LogP contribution in [0.5, 0.6) is 5.75 Å². The summed E-state index contributed by atoms with van der Waals surface area (Å²) in [4.78, 5) is 81.0. The number of aliphatic hydroxyl groups is 1. The number of likely N-dealkylation sites (N-methyl/N-ethyl adjacent to an activating group) is 1. The topological polar surface area (TPSA) is 201 Å². The van der Waals surface area contributed by atoms with E-state index in [1.54, 1.807) is 0 Å². The molecule has 2 saturated carbocycles. The predicted octanol–water partition coefficient (Wildman–Crippen LogP) is 0.400. The molecule has 40 heavy (non-hydrogen) atoms. The minimum atomic E-state index is -2.86. The highest BCUT2D eigenvalue weighted by Crippen LogP contribution is 2.53. The predicted molar refractivity (Wildman–Crippen MR) is 141 cm³/mol. The SMILES string of the molecule is CCCN(c1cc([N+](=O)[O-])c(O)c2c1CC1CC3[C@H](N(C)C)C(=O)C(C(N)=O)C(=O)[C@@]3(O)C(=O)C1C2=O)C(C)C. The first-order valence-corrected chi connectivity index (χ1v) is 13.3. The lowest BCUT2D eigenvalue weighted by atomic mass is 9.52. The zero-order chi connectivity index (χ0) is 30.0. The van der Waals surface area contributed by atoms with Gasteiger partial charge in [0, 0.05) is 30.3 Å². The first-order chi connectivity index (χ1) is 18.6. The fourth-order valence-corrected chi connectivity index (χ4v) is 6.93. The Labute approximate surface area is 230 Å². The number of anilines is 1. The Hall–Kier alpha value is -3.71. The summed E-state index contributed by atoms with van der Waals surface area (Å²) in [5, 5.41) is 34.4. The molecule has 0 heterocycles. The van der Waals surface area contributed by atoms with Crippen LogP contribution in [0.3, 0.4) is 0 Å². The number of nitrogens with zero attached hydrogens (tertiary/aromatic N) is 3. The number of primary amides is 1. The molecule has 0 aromatic heterocycles. The molecule has 13 heteroatoms. The van der Waals surface area contributed by atoms with Crippen molar-refractivity contribution in [2.24, 2.45) is 29.4 Å². The van der Waals surface area contributed by atoms with E-state index in [-0.39, 0.29) is 18.9 Å². The fourth-order valence-electron chi connectivity index (χ4n) is 6.93. The smallest absolute Gasteiger partial charge is 0.313 e. The molecule has 0 radical (unpaired) electrons. The maximum atomic E-state index is 14.0. The third-order valence-corrected chi connectivity index (χ3v) is 8.61. The molecular weight excluding hydrogens is 524 g/mol. The fraction of sp³-hybridized carbons (Fsp3) is 0.593. The van der Waals surface area contributed by atoms with Crippen LogP contribution in [0.25, 0.3) is 0 Å². The molecule has 0 aliphatic heterocycles. The van der Waals surface area contributed by atoms with Crippen LogP contribution in [0.1, 0.15) is 49.5 Å². The summed E-state index contributed by atoms with van der Waals surface area (Å²) in [7, 11) is 3.02. The van der Waals surface area contributed by atoms with E-state index in [1.165, 1.54) is 25.1 Å². The number of hydrogen-bond donors (Lipinski definition) is 3. The van der Waals surface area contributed by atoms with Crippen LogP contribution < -0.4 is 10.6 Å². The molecule has 4 N–H and O–H groups in total. The second kappa shape index (κ2) is 10.0. The van der Waals surface area contributed by atoms with Crippen molar-refractivity contribution in [3.63, 3.8) is 0 Å². The highest BCUT2D eigenvalue weighted by molar-refractivity contribution is 6.32. The number of carbonyl (C=O) groups is 5. The second-order valence-electron chi connectivity index (χ2n) is 11.5. The van der Waals surface area contributed by atoms with Gasteiger partial charge in [0.15, 0.2) is 34.7 Å². The van der Waals surface area contributed by atoms with Crippen molar-refractivity contribution in [2.45, 2.75) is 57.7 Å². The van der Waals surface area contributed by atoms with Gasteiger partial charge in [-0.05, 0) is 58.7 Å². The van der Waals surface area contributed by atoms with Gasteiger partial charge in [-0.2, -0.15) is 0 Å². The van der Waals surface area contributed by atoms with Gasteiger partial charge in [-0.25, -0.2) is 0 Å². The van der Waals surface area contributed by atoms with E-state index in [0.29, 0.717) is 24.2 Å². The third kappa shape index (κ3) is 4.01. The molecule has 0 bridgehead atoms. The summed E-state index contributed by atoms with van der Waals surface area (Å²) < 4.78 is 0. The molecular formula is C27H34N4O9. The lowest BCUT2D eigenvalue weighted by Gasteiger charge is -2.52. The van der Waals surface area contributed by atoms with Crippen LogP contribution in [-0.2, 0) is 25.6 Å². The standard InChI is InChI=1S/C27H34N4O9/c1-6-7-30(11(2)3)15-10-16(31(39)40)21(32)18-13(15)8-12-9-14-20(29(4)5)23(34)19(26(28)37)25(36)27(14,38)24(35)17(12)22(18)33/h10-12,14,17,19-20,32,38H,6-9H2,1-5H3,(H2,28,37)/t12?,14?,17?,19?,20-,27-/m0/s1. The number of benzene rings is 1. The summed E-state index contributed by atoms with van der Waals surface area (Å²) in [6, 6.07) is -0.110. The molecule has 216 valence electrons. The number of phenolic OH excluding ortho intramolecular Hbond substituents is 1. The number of ketones is 4. The number of aromatic hydroxyl groups is 1. The maximum absolute atomic E-state index is 14.0. The van der Waals surface area contributed by atoms with Gasteiger partial charge in [0.1, 0.15) is 0 Å². The molecule has 4 unspecified atom stereocenters. The Balaban J connectivity index is 1.94. The number of phenols is 1. The van der Waals surface area contributed by atoms with Crippen LogP contribution in [0.4, 0.5) is 11.4 Å². The van der Waals surface area contributed by atoms with Gasteiger partial charge in [-0.3, -0.25) is 39.0 Å². The lowest BCUT2D eigenvalue weighted by Crippen LogP contribution is -2.74. The molecule has 13 nitrogen and oxygen atoms in total. The molecule has 1 amide bonds. The molecule has 0 saturated heterocycles. The number of fused-ring (bicyclic) bond motifs is 3. The third-order valence-electron chi connectivity index (χ3n) is 8.61. The minimum Gasteiger partial charge on any atom is -0.502 e. The molecule has 6 atom stereocenters. The Kier molecular flexibility index (Phi) is 7.35. The van der Waals surface area contributed by atoms with Crippen molar-refractivity contribution in [3.05, 3.63) is 27.3 Å². The summed E-state index contributed by atoms with van der Waals surface area (Å²) in [6.45, 7) is 6.19. The maximum Gasteiger partial charge on any atom is 0.313 e. The van der Waals surface area contributed by atoms with Gasteiger partial charge in [0.25, 0.3) is 0 Å². The Morgan fingerprint density at radius 1 is 1.23 bits per heavy atom. The average molecular weight is 559 g/mol. The van der Waals surface area contributed by atoms with Crippen molar-refractivity contribution in [1.29, 1.82) is 0 Å². The number of rotatable bonds is 7. The van der Waals surface area contributed by atoms with Crippen LogP contribution in [-0.4, -0.2) is 87.4 Å². The van der Waals surface area contributed by atoms with Gasteiger partial charge in [-0.15, -0.1) is 0 Å². The Morgan fingerprint density at radius 2 is 1.85 bits per heavy atom. The summed E-state index contributed by atoms with van der Waals surface area (Å²) >= 11 is 0. The monoisotopic (exact) mass is 558 g/mol. The van der Waals surface area contributed by atoms with E-state index < -0.39 is 86.3 Å². The number of nitrogens with two attached hydrogens (primary N) is 1. The largest absolute Gasteiger partial charge is 0.502 e. The van der Waals surface area contributed by atoms with Crippen LogP contribution in [0.2, 0.25) is 0 Å². The van der Waals surface area contributed by atoms with E-state index >= 15 is 0 Å². The molecule has 3 aliphatic rings. The Bertz CT molecular complexity index is 1340. The number of hydrogen-bond acceptors (Lipinski definition) is 11. The molecule has 0 spiro atoms. The van der Waals surface area contributed by atoms with E-state index in [2.05, 4.69) is 0 Å². The molecule has 1 aromatic carbocycles. The number of nitro groups is 1. The highest BCUT2D eigenvalue weighted by Gasteiger charge is 2.69. The number of Topliss-reactive ketones (excluding diaryl/α,β-unsaturated/α-hetero) is 4. The molecule has 1 aromatic rings. The summed E-state index contributed by atoms with van der Waals surface area (Å²) in [6.07, 6.45) is 0.612. The Morgan fingerprint density at radius 3 is 2.35 bits per heavy atom.